The van der Waals surface area contributed by atoms with Crippen molar-refractivity contribution in [2.75, 3.05) is 20.2 Å². The average Bonchev–Trinajstić information content (AvgIpc) is 2.47. The summed E-state index contributed by atoms with van der Waals surface area (Å²) in [5, 5.41) is 20.5. The van der Waals surface area contributed by atoms with Crippen LogP contribution in [0.3, 0.4) is 0 Å². The maximum atomic E-state index is 10.6. The van der Waals surface area contributed by atoms with Crippen molar-refractivity contribution in [1.82, 2.24) is 4.90 Å². The normalized spacial score (nSPS) is 28.3. The third-order valence-corrected chi connectivity index (χ3v) is 5.16. The summed E-state index contributed by atoms with van der Waals surface area (Å²) in [7, 11) is 1.58. The van der Waals surface area contributed by atoms with Crippen LogP contribution in [0.2, 0.25) is 0 Å². The molecule has 22 heavy (non-hydrogen) atoms. The summed E-state index contributed by atoms with van der Waals surface area (Å²) in [5.74, 6) is 1.73. The van der Waals surface area contributed by atoms with Crippen molar-refractivity contribution >= 4 is 0 Å². The Balaban J connectivity index is 1.86. The van der Waals surface area contributed by atoms with Gasteiger partial charge >= 0.3 is 0 Å². The van der Waals surface area contributed by atoms with Gasteiger partial charge in [-0.1, -0.05) is 13.8 Å². The van der Waals surface area contributed by atoms with Gasteiger partial charge in [0.2, 0.25) is 0 Å². The fraction of sp³-hybridized carbons (Fsp3) is 0.667. The van der Waals surface area contributed by atoms with Crippen LogP contribution in [-0.2, 0) is 6.42 Å². The van der Waals surface area contributed by atoms with Crippen LogP contribution in [-0.4, -0.2) is 41.4 Å². The number of rotatable bonds is 3. The summed E-state index contributed by atoms with van der Waals surface area (Å²) < 4.78 is 5.26. The molecule has 2 aliphatic heterocycles. The zero-order chi connectivity index (χ0) is 15.9. The number of aliphatic hydroxyl groups excluding tert-OH is 1. The van der Waals surface area contributed by atoms with Crippen molar-refractivity contribution in [3.63, 3.8) is 0 Å². The molecule has 4 heteroatoms. The molecule has 0 bridgehead atoms. The van der Waals surface area contributed by atoms with Gasteiger partial charge in [-0.3, -0.25) is 4.90 Å². The summed E-state index contributed by atoms with van der Waals surface area (Å²) in [5.41, 5.74) is 2.40. The Morgan fingerprint density at radius 1 is 1.36 bits per heavy atom. The molecule has 3 atom stereocenters. The molecule has 2 heterocycles. The minimum Gasteiger partial charge on any atom is -0.504 e. The molecule has 1 fully saturated rings. The average molecular weight is 305 g/mol. The molecule has 0 radical (unpaired) electrons. The monoisotopic (exact) mass is 305 g/mol. The van der Waals surface area contributed by atoms with Gasteiger partial charge in [-0.15, -0.1) is 0 Å². The van der Waals surface area contributed by atoms with Crippen LogP contribution in [0.5, 0.6) is 11.5 Å². The highest BCUT2D eigenvalue weighted by Gasteiger charge is 2.38. The highest BCUT2D eigenvalue weighted by Crippen LogP contribution is 2.43. The summed E-state index contributed by atoms with van der Waals surface area (Å²) in [6.07, 6.45) is 2.57. The maximum absolute atomic E-state index is 10.6. The summed E-state index contributed by atoms with van der Waals surface area (Å²) in [6, 6.07) is 4.03. The van der Waals surface area contributed by atoms with Crippen molar-refractivity contribution in [2.45, 2.75) is 45.3 Å². The van der Waals surface area contributed by atoms with E-state index in [9.17, 15) is 10.2 Å². The van der Waals surface area contributed by atoms with Crippen molar-refractivity contribution in [1.29, 1.82) is 0 Å². The zero-order valence-corrected chi connectivity index (χ0v) is 13.7. The third kappa shape index (κ3) is 2.82. The van der Waals surface area contributed by atoms with Gasteiger partial charge in [-0.25, -0.2) is 0 Å². The molecule has 1 aromatic rings. The van der Waals surface area contributed by atoms with E-state index < -0.39 is 0 Å². The quantitative estimate of drug-likeness (QED) is 0.901. The van der Waals surface area contributed by atoms with Gasteiger partial charge in [0.1, 0.15) is 0 Å². The Hall–Kier alpha value is -1.26. The van der Waals surface area contributed by atoms with Crippen LogP contribution in [0.15, 0.2) is 12.1 Å². The molecule has 0 aliphatic carbocycles. The Labute approximate surface area is 132 Å². The first-order valence-electron chi connectivity index (χ1n) is 8.31. The van der Waals surface area contributed by atoms with Crippen molar-refractivity contribution in [2.24, 2.45) is 11.8 Å². The Kier molecular flexibility index (Phi) is 4.33. The van der Waals surface area contributed by atoms with Crippen molar-refractivity contribution < 1.29 is 14.9 Å². The number of fused-ring (bicyclic) bond motifs is 3. The number of hydrogen-bond donors (Lipinski definition) is 2. The molecule has 4 nitrogen and oxygen atoms in total. The first-order valence-corrected chi connectivity index (χ1v) is 8.31. The van der Waals surface area contributed by atoms with Gasteiger partial charge in [0.15, 0.2) is 11.5 Å². The molecule has 0 saturated carbocycles. The van der Waals surface area contributed by atoms with E-state index in [1.165, 1.54) is 11.1 Å². The molecule has 0 amide bonds. The smallest absolute Gasteiger partial charge is 0.160 e. The second-order valence-corrected chi connectivity index (χ2v) is 7.18. The molecule has 0 unspecified atom stereocenters. The number of aliphatic hydroxyl groups is 1. The third-order valence-electron chi connectivity index (χ3n) is 5.16. The van der Waals surface area contributed by atoms with E-state index in [1.54, 1.807) is 7.11 Å². The minimum atomic E-state index is -0.241. The SMILES string of the molecule is COc1cc2c(cc1O)CCN1C[C@H](CC(C)C)[C@H](O)C[C@H]21. The molecule has 2 N–H and O–H groups in total. The van der Waals surface area contributed by atoms with Crippen LogP contribution in [0.25, 0.3) is 0 Å². The number of piperidine rings is 1. The number of methoxy groups -OCH3 is 1. The number of phenols is 1. The molecule has 0 spiro atoms. The van der Waals surface area contributed by atoms with Crippen LogP contribution >= 0.6 is 0 Å². The molecule has 122 valence electrons. The Bertz CT molecular complexity index is 543. The fourth-order valence-corrected chi connectivity index (χ4v) is 4.11. The highest BCUT2D eigenvalue weighted by molar-refractivity contribution is 5.48. The summed E-state index contributed by atoms with van der Waals surface area (Å²) in [6.45, 7) is 6.41. The first kappa shape index (κ1) is 15.6. The van der Waals surface area contributed by atoms with Crippen molar-refractivity contribution in [3.8, 4) is 11.5 Å². The highest BCUT2D eigenvalue weighted by atomic mass is 16.5. The van der Waals surface area contributed by atoms with E-state index in [-0.39, 0.29) is 17.9 Å². The van der Waals surface area contributed by atoms with Gasteiger partial charge < -0.3 is 14.9 Å². The zero-order valence-electron chi connectivity index (χ0n) is 13.7. The van der Waals surface area contributed by atoms with E-state index in [1.807, 2.05) is 12.1 Å². The molecule has 1 aromatic carbocycles. The topological polar surface area (TPSA) is 52.9 Å². The second kappa shape index (κ2) is 6.09. The number of aromatic hydroxyl groups is 1. The van der Waals surface area contributed by atoms with E-state index in [0.717, 1.165) is 32.4 Å². The van der Waals surface area contributed by atoms with Crippen LogP contribution in [0, 0.1) is 11.8 Å². The number of hydrogen-bond acceptors (Lipinski definition) is 4. The lowest BCUT2D eigenvalue weighted by molar-refractivity contribution is -0.0191. The number of nitrogens with zero attached hydrogens (tertiary/aromatic N) is 1. The molecule has 1 saturated heterocycles. The lowest BCUT2D eigenvalue weighted by atomic mass is 9.79. The maximum Gasteiger partial charge on any atom is 0.160 e. The molecular formula is C18H27NO3. The number of ether oxygens (including phenoxy) is 1. The predicted octanol–water partition coefficient (Wildman–Crippen LogP) is 2.73. The van der Waals surface area contributed by atoms with Crippen LogP contribution in [0.1, 0.15) is 43.9 Å². The van der Waals surface area contributed by atoms with Crippen LogP contribution < -0.4 is 4.74 Å². The standard InChI is InChI=1S/C18H27NO3/c1-11(2)6-13-10-19-5-4-12-7-17(21)18(22-3)8-14(12)15(19)9-16(13)20/h7-8,11,13,15-16,20-21H,4-6,9-10H2,1-3H3/t13-,15+,16+/m0/s1. The minimum absolute atomic E-state index is 0.212. The molecular weight excluding hydrogens is 278 g/mol. The first-order chi connectivity index (χ1) is 10.5. The molecule has 3 rings (SSSR count). The summed E-state index contributed by atoms with van der Waals surface area (Å²) in [4.78, 5) is 2.50. The predicted molar refractivity (Wildman–Crippen MR) is 86.2 cm³/mol. The lowest BCUT2D eigenvalue weighted by Crippen LogP contribution is -2.48. The molecule has 0 aromatic heterocycles. The van der Waals surface area contributed by atoms with E-state index in [0.29, 0.717) is 17.6 Å². The number of benzene rings is 1. The van der Waals surface area contributed by atoms with Crippen LogP contribution in [0.4, 0.5) is 0 Å². The van der Waals surface area contributed by atoms with E-state index >= 15 is 0 Å². The van der Waals surface area contributed by atoms with Gasteiger partial charge in [0, 0.05) is 19.1 Å². The van der Waals surface area contributed by atoms with Gasteiger partial charge in [0.25, 0.3) is 0 Å². The lowest BCUT2D eigenvalue weighted by Gasteiger charge is -2.46. The molecule has 2 aliphatic rings. The summed E-state index contributed by atoms with van der Waals surface area (Å²) >= 11 is 0. The van der Waals surface area contributed by atoms with Gasteiger partial charge in [-0.05, 0) is 54.4 Å². The number of phenolic OH excluding ortho intramolecular Hbond substituents is 1. The van der Waals surface area contributed by atoms with Gasteiger partial charge in [-0.2, -0.15) is 0 Å². The van der Waals surface area contributed by atoms with Gasteiger partial charge in [0.05, 0.1) is 13.2 Å². The van der Waals surface area contributed by atoms with E-state index in [4.69, 9.17) is 4.74 Å². The van der Waals surface area contributed by atoms with E-state index in [2.05, 4.69) is 18.7 Å². The second-order valence-electron chi connectivity index (χ2n) is 7.18. The fourth-order valence-electron chi connectivity index (χ4n) is 4.11. The Morgan fingerprint density at radius 3 is 2.82 bits per heavy atom. The Morgan fingerprint density at radius 2 is 2.14 bits per heavy atom. The largest absolute Gasteiger partial charge is 0.504 e. The van der Waals surface area contributed by atoms with Crippen molar-refractivity contribution in [3.05, 3.63) is 23.3 Å².